The minimum absolute atomic E-state index is 0.243. The van der Waals surface area contributed by atoms with Crippen LogP contribution in [-0.2, 0) is 0 Å². The molecule has 1 saturated heterocycles. The maximum Gasteiger partial charge on any atom is 0.417 e. The summed E-state index contributed by atoms with van der Waals surface area (Å²) in [5.74, 6) is -0.721. The van der Waals surface area contributed by atoms with Crippen LogP contribution >= 0.6 is 0 Å². The largest absolute Gasteiger partial charge is 0.417 e. The van der Waals surface area contributed by atoms with Crippen LogP contribution < -0.4 is 5.32 Å². The second kappa shape index (κ2) is 3.46. The summed E-state index contributed by atoms with van der Waals surface area (Å²) in [7, 11) is 0. The number of halogens is 3. The van der Waals surface area contributed by atoms with Crippen LogP contribution in [0.3, 0.4) is 0 Å². The van der Waals surface area contributed by atoms with E-state index < -0.39 is 17.7 Å². The van der Waals surface area contributed by atoms with Crippen molar-refractivity contribution in [3.63, 3.8) is 0 Å². The molecule has 0 bridgehead atoms. The number of hydrogen-bond acceptors (Lipinski definition) is 2. The fourth-order valence-electron chi connectivity index (χ4n) is 1.56. The van der Waals surface area contributed by atoms with Crippen molar-refractivity contribution in [1.29, 1.82) is 0 Å². The molecule has 0 aliphatic carbocycles. The number of rotatable bonds is 1. The van der Waals surface area contributed by atoms with Crippen LogP contribution in [0.1, 0.15) is 19.8 Å². The lowest BCUT2D eigenvalue weighted by atomic mass is 9.83. The summed E-state index contributed by atoms with van der Waals surface area (Å²) >= 11 is 0. The van der Waals surface area contributed by atoms with E-state index in [2.05, 4.69) is 5.32 Å². The van der Waals surface area contributed by atoms with Gasteiger partial charge in [-0.2, -0.15) is 13.2 Å². The van der Waals surface area contributed by atoms with Gasteiger partial charge in [0.15, 0.2) is 5.60 Å². The first-order valence-corrected chi connectivity index (χ1v) is 4.35. The van der Waals surface area contributed by atoms with Crippen LogP contribution in [0, 0.1) is 5.92 Å². The molecule has 0 amide bonds. The lowest BCUT2D eigenvalue weighted by molar-refractivity contribution is -0.273. The van der Waals surface area contributed by atoms with E-state index >= 15 is 0 Å². The number of alkyl halides is 3. The third kappa shape index (κ3) is 2.14. The summed E-state index contributed by atoms with van der Waals surface area (Å²) in [5.41, 5.74) is -2.56. The van der Waals surface area contributed by atoms with E-state index in [1.807, 2.05) is 0 Å². The van der Waals surface area contributed by atoms with Crippen molar-refractivity contribution in [3.05, 3.63) is 0 Å². The van der Waals surface area contributed by atoms with Gasteiger partial charge in [-0.25, -0.2) is 0 Å². The molecule has 2 atom stereocenters. The van der Waals surface area contributed by atoms with Gasteiger partial charge in [0.2, 0.25) is 0 Å². The van der Waals surface area contributed by atoms with Crippen molar-refractivity contribution in [2.45, 2.75) is 31.5 Å². The van der Waals surface area contributed by atoms with Gasteiger partial charge in [0.05, 0.1) is 0 Å². The molecule has 0 unspecified atom stereocenters. The highest BCUT2D eigenvalue weighted by Gasteiger charge is 2.54. The van der Waals surface area contributed by atoms with Crippen molar-refractivity contribution < 1.29 is 18.3 Å². The predicted octanol–water partition coefficient (Wildman–Crippen LogP) is 1.30. The van der Waals surface area contributed by atoms with E-state index in [1.54, 1.807) is 0 Å². The standard InChI is InChI=1S/C8H14F3NO/c1-7(13,8(9,10)11)6-3-2-4-12-5-6/h6,12-13H,2-5H2,1H3/t6-,7+/m0/s1. The number of aliphatic hydroxyl groups is 1. The first-order valence-electron chi connectivity index (χ1n) is 4.35. The summed E-state index contributed by atoms with van der Waals surface area (Å²) in [6.07, 6.45) is -3.41. The zero-order chi connectivity index (χ0) is 10.1. The minimum atomic E-state index is -4.53. The number of hydrogen-bond donors (Lipinski definition) is 2. The molecule has 78 valence electrons. The average Bonchev–Trinajstić information content (AvgIpc) is 2.04. The Morgan fingerprint density at radius 3 is 2.38 bits per heavy atom. The summed E-state index contributed by atoms with van der Waals surface area (Å²) < 4.78 is 37.0. The van der Waals surface area contributed by atoms with Gasteiger partial charge in [0.1, 0.15) is 0 Å². The average molecular weight is 197 g/mol. The third-order valence-electron chi connectivity index (χ3n) is 2.67. The zero-order valence-corrected chi connectivity index (χ0v) is 7.49. The van der Waals surface area contributed by atoms with Crippen LogP contribution in [0.4, 0.5) is 13.2 Å². The van der Waals surface area contributed by atoms with E-state index in [1.165, 1.54) is 0 Å². The summed E-state index contributed by atoms with van der Waals surface area (Å²) in [5, 5.41) is 12.2. The molecular formula is C8H14F3NO. The maximum atomic E-state index is 12.3. The molecule has 0 aromatic carbocycles. The highest BCUT2D eigenvalue weighted by atomic mass is 19.4. The van der Waals surface area contributed by atoms with E-state index in [4.69, 9.17) is 0 Å². The lowest BCUT2D eigenvalue weighted by Gasteiger charge is -2.37. The third-order valence-corrected chi connectivity index (χ3v) is 2.67. The monoisotopic (exact) mass is 197 g/mol. The van der Waals surface area contributed by atoms with Gasteiger partial charge in [-0.1, -0.05) is 0 Å². The van der Waals surface area contributed by atoms with Gasteiger partial charge in [0.25, 0.3) is 0 Å². The van der Waals surface area contributed by atoms with E-state index in [9.17, 15) is 18.3 Å². The lowest BCUT2D eigenvalue weighted by Crippen LogP contribution is -2.53. The fraction of sp³-hybridized carbons (Fsp3) is 1.00. The molecule has 0 spiro atoms. The van der Waals surface area contributed by atoms with Crippen LogP contribution in [-0.4, -0.2) is 30.0 Å². The molecule has 0 aromatic heterocycles. The van der Waals surface area contributed by atoms with Gasteiger partial charge < -0.3 is 10.4 Å². The van der Waals surface area contributed by atoms with Crippen molar-refractivity contribution in [2.75, 3.05) is 13.1 Å². The molecule has 1 heterocycles. The summed E-state index contributed by atoms with van der Waals surface area (Å²) in [6.45, 7) is 1.83. The molecule has 0 saturated carbocycles. The Bertz CT molecular complexity index is 173. The number of piperidine rings is 1. The molecule has 1 aliphatic rings. The second-order valence-electron chi connectivity index (χ2n) is 3.69. The molecule has 1 rings (SSSR count). The SMILES string of the molecule is C[C@@](O)([C@H]1CCCNC1)C(F)(F)F. The molecule has 1 aliphatic heterocycles. The molecule has 2 nitrogen and oxygen atoms in total. The van der Waals surface area contributed by atoms with Gasteiger partial charge in [-0.15, -0.1) is 0 Å². The normalized spacial score (nSPS) is 29.8. The fourth-order valence-corrected chi connectivity index (χ4v) is 1.56. The molecular weight excluding hydrogens is 183 g/mol. The Morgan fingerprint density at radius 2 is 2.00 bits per heavy atom. The summed E-state index contributed by atoms with van der Waals surface area (Å²) in [6, 6.07) is 0. The quantitative estimate of drug-likeness (QED) is 0.664. The Kier molecular flexibility index (Phi) is 2.87. The summed E-state index contributed by atoms with van der Waals surface area (Å²) in [4.78, 5) is 0. The van der Waals surface area contributed by atoms with Crippen molar-refractivity contribution >= 4 is 0 Å². The topological polar surface area (TPSA) is 32.3 Å². The Hall–Kier alpha value is -0.290. The van der Waals surface area contributed by atoms with E-state index in [0.29, 0.717) is 12.8 Å². The molecule has 0 aromatic rings. The second-order valence-corrected chi connectivity index (χ2v) is 3.69. The van der Waals surface area contributed by atoms with Gasteiger partial charge in [0, 0.05) is 12.5 Å². The molecule has 13 heavy (non-hydrogen) atoms. The van der Waals surface area contributed by atoms with Crippen molar-refractivity contribution in [3.8, 4) is 0 Å². The van der Waals surface area contributed by atoms with Crippen LogP contribution in [0.2, 0.25) is 0 Å². The van der Waals surface area contributed by atoms with E-state index in [-0.39, 0.29) is 6.54 Å². The van der Waals surface area contributed by atoms with Crippen molar-refractivity contribution in [2.24, 2.45) is 5.92 Å². The smallest absolute Gasteiger partial charge is 0.380 e. The van der Waals surface area contributed by atoms with Gasteiger partial charge in [-0.3, -0.25) is 0 Å². The van der Waals surface area contributed by atoms with Crippen LogP contribution in [0.15, 0.2) is 0 Å². The molecule has 5 heteroatoms. The predicted molar refractivity (Wildman–Crippen MR) is 42.3 cm³/mol. The van der Waals surface area contributed by atoms with E-state index in [0.717, 1.165) is 13.5 Å². The molecule has 2 N–H and O–H groups in total. The Morgan fingerprint density at radius 1 is 1.38 bits per heavy atom. The highest BCUT2D eigenvalue weighted by Crippen LogP contribution is 2.38. The molecule has 0 radical (unpaired) electrons. The highest BCUT2D eigenvalue weighted by molar-refractivity contribution is 4.91. The van der Waals surface area contributed by atoms with Crippen molar-refractivity contribution in [1.82, 2.24) is 5.32 Å². The van der Waals surface area contributed by atoms with Crippen LogP contribution in [0.25, 0.3) is 0 Å². The van der Waals surface area contributed by atoms with Crippen LogP contribution in [0.5, 0.6) is 0 Å². The van der Waals surface area contributed by atoms with Gasteiger partial charge >= 0.3 is 6.18 Å². The Balaban J connectivity index is 2.67. The molecule has 1 fully saturated rings. The maximum absolute atomic E-state index is 12.3. The minimum Gasteiger partial charge on any atom is -0.380 e. The zero-order valence-electron chi connectivity index (χ0n) is 7.49. The first-order chi connectivity index (χ1) is 5.86. The number of nitrogens with one attached hydrogen (secondary N) is 1. The first kappa shape index (κ1) is 10.8. The van der Waals surface area contributed by atoms with Gasteiger partial charge in [-0.05, 0) is 26.3 Å². The Labute approximate surface area is 75.1 Å².